The van der Waals surface area contributed by atoms with Gasteiger partial charge < -0.3 is 15.4 Å². The first-order chi connectivity index (χ1) is 12.2. The summed E-state index contributed by atoms with van der Waals surface area (Å²) in [5.74, 6) is 1.70. The van der Waals surface area contributed by atoms with Crippen molar-refractivity contribution in [3.63, 3.8) is 0 Å². The van der Waals surface area contributed by atoms with Crippen LogP contribution < -0.4 is 15.4 Å². The van der Waals surface area contributed by atoms with Gasteiger partial charge in [-0.1, -0.05) is 30.9 Å². The predicted molar refractivity (Wildman–Crippen MR) is 121 cm³/mol. The molecule has 146 valence electrons. The second kappa shape index (κ2) is 12.2. The average Bonchev–Trinajstić information content (AvgIpc) is 3.44. The molecule has 2 rings (SSSR count). The van der Waals surface area contributed by atoms with E-state index in [1.807, 2.05) is 18.2 Å². The van der Waals surface area contributed by atoms with Crippen LogP contribution in [0.25, 0.3) is 0 Å². The van der Waals surface area contributed by atoms with Crippen molar-refractivity contribution in [1.82, 2.24) is 15.5 Å². The Morgan fingerprint density at radius 2 is 2.08 bits per heavy atom. The quantitative estimate of drug-likeness (QED) is 0.237. The van der Waals surface area contributed by atoms with E-state index in [4.69, 9.17) is 4.74 Å². The van der Waals surface area contributed by atoms with Gasteiger partial charge in [-0.25, -0.2) is 0 Å². The van der Waals surface area contributed by atoms with Crippen LogP contribution in [0.4, 0.5) is 0 Å². The Hall–Kier alpha value is -1.28. The zero-order chi connectivity index (χ0) is 18.1. The van der Waals surface area contributed by atoms with Gasteiger partial charge in [-0.05, 0) is 32.8 Å². The molecule has 1 aromatic carbocycles. The lowest BCUT2D eigenvalue weighted by Crippen LogP contribution is -2.43. The maximum atomic E-state index is 5.70. The maximum Gasteiger partial charge on any atom is 0.191 e. The highest BCUT2D eigenvalue weighted by Gasteiger charge is 2.30. The third-order valence-electron chi connectivity index (χ3n) is 4.34. The van der Waals surface area contributed by atoms with Gasteiger partial charge in [-0.3, -0.25) is 9.89 Å². The number of hydrogen-bond donors (Lipinski definition) is 2. The number of nitrogens with zero attached hydrogens (tertiary/aromatic N) is 2. The van der Waals surface area contributed by atoms with E-state index in [1.54, 1.807) is 13.1 Å². The number of halogens is 1. The lowest BCUT2D eigenvalue weighted by Gasteiger charge is -2.26. The standard InChI is InChI=1S/C20H32N4O.HI/c1-5-14-25-19-9-7-6-8-17(19)15-23-20(21-4)22-12-13-24(16(2)3)18-10-11-18;/h5-9,16,18H,1,10-15H2,2-4H3,(H2,21,22,23);1H. The lowest BCUT2D eigenvalue weighted by atomic mass is 10.2. The summed E-state index contributed by atoms with van der Waals surface area (Å²) in [5.41, 5.74) is 1.11. The molecule has 1 aliphatic rings. The second-order valence-electron chi connectivity index (χ2n) is 6.62. The average molecular weight is 472 g/mol. The number of benzene rings is 1. The zero-order valence-electron chi connectivity index (χ0n) is 16.2. The van der Waals surface area contributed by atoms with E-state index >= 15 is 0 Å². The van der Waals surface area contributed by atoms with Crippen LogP contribution in [0.1, 0.15) is 32.3 Å². The molecule has 5 nitrogen and oxygen atoms in total. The van der Waals surface area contributed by atoms with Crippen LogP contribution in [-0.4, -0.2) is 49.7 Å². The Bertz CT molecular complexity index is 571. The minimum Gasteiger partial charge on any atom is -0.489 e. The fourth-order valence-electron chi connectivity index (χ4n) is 2.91. The molecule has 0 heterocycles. The Morgan fingerprint density at radius 1 is 1.35 bits per heavy atom. The van der Waals surface area contributed by atoms with Crippen molar-refractivity contribution >= 4 is 29.9 Å². The molecule has 0 amide bonds. The van der Waals surface area contributed by atoms with E-state index in [-0.39, 0.29) is 24.0 Å². The van der Waals surface area contributed by atoms with E-state index < -0.39 is 0 Å². The summed E-state index contributed by atoms with van der Waals surface area (Å²) in [6, 6.07) is 9.42. The van der Waals surface area contributed by atoms with Gasteiger partial charge in [-0.15, -0.1) is 24.0 Å². The van der Waals surface area contributed by atoms with Crippen LogP contribution >= 0.6 is 24.0 Å². The molecule has 0 unspecified atom stereocenters. The van der Waals surface area contributed by atoms with Crippen LogP contribution in [0, 0.1) is 0 Å². The predicted octanol–water partition coefficient (Wildman–Crippen LogP) is 3.41. The van der Waals surface area contributed by atoms with Crippen molar-refractivity contribution in [2.24, 2.45) is 4.99 Å². The molecule has 0 aliphatic heterocycles. The molecule has 26 heavy (non-hydrogen) atoms. The number of rotatable bonds is 10. The van der Waals surface area contributed by atoms with Crippen LogP contribution in [0.5, 0.6) is 5.75 Å². The summed E-state index contributed by atoms with van der Waals surface area (Å²) in [5, 5.41) is 6.78. The molecule has 0 saturated heterocycles. The molecule has 1 fully saturated rings. The molecule has 2 N–H and O–H groups in total. The van der Waals surface area contributed by atoms with Crippen LogP contribution in [0.15, 0.2) is 41.9 Å². The van der Waals surface area contributed by atoms with Gasteiger partial charge >= 0.3 is 0 Å². The minimum absolute atomic E-state index is 0. The van der Waals surface area contributed by atoms with Crippen molar-refractivity contribution in [1.29, 1.82) is 0 Å². The Kier molecular flexibility index (Phi) is 10.7. The van der Waals surface area contributed by atoms with E-state index in [9.17, 15) is 0 Å². The van der Waals surface area contributed by atoms with Gasteiger partial charge in [0.25, 0.3) is 0 Å². The summed E-state index contributed by atoms with van der Waals surface area (Å²) >= 11 is 0. The smallest absolute Gasteiger partial charge is 0.191 e. The molecule has 0 spiro atoms. The van der Waals surface area contributed by atoms with Gasteiger partial charge in [0.15, 0.2) is 5.96 Å². The number of para-hydroxylation sites is 1. The van der Waals surface area contributed by atoms with E-state index in [2.05, 4.69) is 47.0 Å². The van der Waals surface area contributed by atoms with Gasteiger partial charge in [0, 0.05) is 44.3 Å². The highest BCUT2D eigenvalue weighted by Crippen LogP contribution is 2.27. The fourth-order valence-corrected chi connectivity index (χ4v) is 2.91. The first kappa shape index (κ1) is 22.8. The number of guanidine groups is 1. The number of ether oxygens (including phenoxy) is 1. The van der Waals surface area contributed by atoms with Crippen molar-refractivity contribution in [3.05, 3.63) is 42.5 Å². The molecule has 0 aromatic heterocycles. The van der Waals surface area contributed by atoms with E-state index in [0.29, 0.717) is 19.2 Å². The van der Waals surface area contributed by atoms with Gasteiger partial charge in [0.1, 0.15) is 12.4 Å². The van der Waals surface area contributed by atoms with Gasteiger partial charge in [0.2, 0.25) is 0 Å². The van der Waals surface area contributed by atoms with E-state index in [0.717, 1.165) is 36.4 Å². The maximum absolute atomic E-state index is 5.70. The van der Waals surface area contributed by atoms with Crippen molar-refractivity contribution in [2.45, 2.75) is 45.3 Å². The summed E-state index contributed by atoms with van der Waals surface area (Å²) in [7, 11) is 1.80. The Balaban J connectivity index is 0.00000338. The minimum atomic E-state index is 0. The fraction of sp³-hybridized carbons (Fsp3) is 0.550. The van der Waals surface area contributed by atoms with Crippen LogP contribution in [0.2, 0.25) is 0 Å². The Labute approximate surface area is 175 Å². The normalized spacial score (nSPS) is 14.1. The summed E-state index contributed by atoms with van der Waals surface area (Å²) in [6.07, 6.45) is 4.43. The van der Waals surface area contributed by atoms with E-state index in [1.165, 1.54) is 12.8 Å². The topological polar surface area (TPSA) is 48.9 Å². The number of hydrogen-bond acceptors (Lipinski definition) is 3. The largest absolute Gasteiger partial charge is 0.489 e. The second-order valence-corrected chi connectivity index (χ2v) is 6.62. The van der Waals surface area contributed by atoms with Crippen molar-refractivity contribution < 1.29 is 4.74 Å². The van der Waals surface area contributed by atoms with Crippen molar-refractivity contribution in [3.8, 4) is 5.75 Å². The Morgan fingerprint density at radius 3 is 2.69 bits per heavy atom. The molecule has 6 heteroatoms. The first-order valence-corrected chi connectivity index (χ1v) is 9.17. The third-order valence-corrected chi connectivity index (χ3v) is 4.34. The molecule has 0 radical (unpaired) electrons. The summed E-state index contributed by atoms with van der Waals surface area (Å²) in [6.45, 7) is 11.4. The lowest BCUT2D eigenvalue weighted by molar-refractivity contribution is 0.215. The molecule has 0 bridgehead atoms. The van der Waals surface area contributed by atoms with Crippen molar-refractivity contribution in [2.75, 3.05) is 26.7 Å². The molecular weight excluding hydrogens is 439 g/mol. The monoisotopic (exact) mass is 472 g/mol. The summed E-state index contributed by atoms with van der Waals surface area (Å²) in [4.78, 5) is 6.88. The molecular formula is C20H33IN4O. The SMILES string of the molecule is C=CCOc1ccccc1CNC(=NC)NCCN(C(C)C)C1CC1.I. The molecule has 1 saturated carbocycles. The first-order valence-electron chi connectivity index (χ1n) is 9.17. The van der Waals surface area contributed by atoms with Gasteiger partial charge in [-0.2, -0.15) is 0 Å². The highest BCUT2D eigenvalue weighted by atomic mass is 127. The van der Waals surface area contributed by atoms with Crippen LogP contribution in [-0.2, 0) is 6.54 Å². The number of aliphatic imine (C=N–C) groups is 1. The molecule has 0 atom stereocenters. The van der Waals surface area contributed by atoms with Crippen LogP contribution in [0.3, 0.4) is 0 Å². The highest BCUT2D eigenvalue weighted by molar-refractivity contribution is 14.0. The molecule has 1 aromatic rings. The summed E-state index contributed by atoms with van der Waals surface area (Å²) < 4.78 is 5.70. The number of nitrogens with one attached hydrogen (secondary N) is 2. The molecule has 1 aliphatic carbocycles. The third kappa shape index (κ3) is 7.53. The zero-order valence-corrected chi connectivity index (χ0v) is 18.5. The van der Waals surface area contributed by atoms with Gasteiger partial charge in [0.05, 0.1) is 0 Å².